The Kier molecular flexibility index (Phi) is 6.41. The molecule has 1 aromatic rings. The Morgan fingerprint density at radius 3 is 2.48 bits per heavy atom. The normalized spacial score (nSPS) is 16.0. The predicted octanol–water partition coefficient (Wildman–Crippen LogP) is 1.45. The zero-order valence-corrected chi connectivity index (χ0v) is 14.3. The molecule has 0 radical (unpaired) electrons. The molecule has 23 heavy (non-hydrogen) atoms. The molecule has 0 bridgehead atoms. The Labute approximate surface area is 138 Å². The number of carbonyl (C=O) groups excluding carboxylic acids is 1. The van der Waals surface area contributed by atoms with Crippen molar-refractivity contribution in [2.45, 2.75) is 32.2 Å². The van der Waals surface area contributed by atoms with Crippen LogP contribution in [0.1, 0.15) is 31.2 Å². The standard InChI is InChI=1S/C16H25N3O3S/c1-23(21,22)19-15-5-2-14(3-6-15)12-18-16(20)7-4-13-8-10-17-11-9-13/h2-3,5-6,13,17,19H,4,7-12H2,1H3,(H,18,20). The van der Waals surface area contributed by atoms with Gasteiger partial charge in [-0.3, -0.25) is 9.52 Å². The summed E-state index contributed by atoms with van der Waals surface area (Å²) >= 11 is 0. The molecule has 1 aromatic carbocycles. The van der Waals surface area contributed by atoms with Crippen LogP contribution >= 0.6 is 0 Å². The SMILES string of the molecule is CS(=O)(=O)Nc1ccc(CNC(=O)CCC2CCNCC2)cc1. The number of hydrogen-bond donors (Lipinski definition) is 3. The van der Waals surface area contributed by atoms with Gasteiger partial charge in [0.05, 0.1) is 6.26 Å². The lowest BCUT2D eigenvalue weighted by atomic mass is 9.93. The van der Waals surface area contributed by atoms with Crippen LogP contribution in [0.2, 0.25) is 0 Å². The maximum Gasteiger partial charge on any atom is 0.229 e. The average molecular weight is 339 g/mol. The van der Waals surface area contributed by atoms with E-state index in [2.05, 4.69) is 15.4 Å². The second kappa shape index (κ2) is 8.31. The second-order valence-corrected chi connectivity index (χ2v) is 7.83. The monoisotopic (exact) mass is 339 g/mol. The summed E-state index contributed by atoms with van der Waals surface area (Å²) in [7, 11) is -3.26. The fourth-order valence-corrected chi connectivity index (χ4v) is 3.26. The van der Waals surface area contributed by atoms with Crippen molar-refractivity contribution in [2.75, 3.05) is 24.1 Å². The zero-order chi connectivity index (χ0) is 16.7. The van der Waals surface area contributed by atoms with E-state index in [9.17, 15) is 13.2 Å². The second-order valence-electron chi connectivity index (χ2n) is 6.08. The number of piperidine rings is 1. The Balaban J connectivity index is 1.71. The van der Waals surface area contributed by atoms with Gasteiger partial charge in [0, 0.05) is 18.7 Å². The minimum Gasteiger partial charge on any atom is -0.352 e. The molecule has 7 heteroatoms. The molecule has 0 atom stereocenters. The van der Waals surface area contributed by atoms with Gasteiger partial charge in [-0.25, -0.2) is 8.42 Å². The van der Waals surface area contributed by atoms with E-state index in [-0.39, 0.29) is 5.91 Å². The summed E-state index contributed by atoms with van der Waals surface area (Å²) in [4.78, 5) is 11.9. The highest BCUT2D eigenvalue weighted by Gasteiger charge is 2.14. The van der Waals surface area contributed by atoms with Crippen molar-refractivity contribution in [1.29, 1.82) is 0 Å². The molecule has 1 fully saturated rings. The van der Waals surface area contributed by atoms with Crippen LogP contribution in [0.15, 0.2) is 24.3 Å². The Morgan fingerprint density at radius 1 is 1.22 bits per heavy atom. The Morgan fingerprint density at radius 2 is 1.87 bits per heavy atom. The van der Waals surface area contributed by atoms with Crippen LogP contribution in [0.5, 0.6) is 0 Å². The molecule has 1 amide bonds. The number of benzene rings is 1. The number of anilines is 1. The Hall–Kier alpha value is -1.60. The molecule has 1 aliphatic heterocycles. The molecular weight excluding hydrogens is 314 g/mol. The van der Waals surface area contributed by atoms with E-state index >= 15 is 0 Å². The molecule has 3 N–H and O–H groups in total. The molecular formula is C16H25N3O3S. The molecule has 2 rings (SSSR count). The van der Waals surface area contributed by atoms with Crippen molar-refractivity contribution in [3.63, 3.8) is 0 Å². The van der Waals surface area contributed by atoms with Crippen LogP contribution in [0.3, 0.4) is 0 Å². The summed E-state index contributed by atoms with van der Waals surface area (Å²) in [6.45, 7) is 2.57. The van der Waals surface area contributed by atoms with Crippen LogP contribution in [-0.4, -0.2) is 33.7 Å². The minimum absolute atomic E-state index is 0.0712. The van der Waals surface area contributed by atoms with Gasteiger partial charge < -0.3 is 10.6 Å². The first-order valence-electron chi connectivity index (χ1n) is 7.96. The van der Waals surface area contributed by atoms with E-state index in [0.717, 1.165) is 44.2 Å². The first-order valence-corrected chi connectivity index (χ1v) is 9.86. The lowest BCUT2D eigenvalue weighted by Gasteiger charge is -2.22. The van der Waals surface area contributed by atoms with E-state index in [1.165, 1.54) is 0 Å². The van der Waals surface area contributed by atoms with E-state index in [1.807, 2.05) is 0 Å². The first kappa shape index (κ1) is 17.7. The molecule has 0 saturated carbocycles. The van der Waals surface area contributed by atoms with Gasteiger partial charge in [-0.2, -0.15) is 0 Å². The number of amides is 1. The third kappa shape index (κ3) is 7.00. The summed E-state index contributed by atoms with van der Waals surface area (Å²) in [5.74, 6) is 0.727. The Bertz CT molecular complexity index is 608. The molecule has 0 aromatic heterocycles. The van der Waals surface area contributed by atoms with Crippen LogP contribution in [0.4, 0.5) is 5.69 Å². The maximum atomic E-state index is 11.9. The number of rotatable bonds is 7. The fraction of sp³-hybridized carbons (Fsp3) is 0.562. The number of hydrogen-bond acceptors (Lipinski definition) is 4. The molecule has 128 valence electrons. The van der Waals surface area contributed by atoms with E-state index in [4.69, 9.17) is 0 Å². The zero-order valence-electron chi connectivity index (χ0n) is 13.5. The third-order valence-electron chi connectivity index (χ3n) is 3.99. The highest BCUT2D eigenvalue weighted by atomic mass is 32.2. The molecule has 0 aliphatic carbocycles. The highest BCUT2D eigenvalue weighted by molar-refractivity contribution is 7.92. The average Bonchev–Trinajstić information content (AvgIpc) is 2.52. The predicted molar refractivity (Wildman–Crippen MR) is 91.6 cm³/mol. The van der Waals surface area contributed by atoms with Gasteiger partial charge >= 0.3 is 0 Å². The summed E-state index contributed by atoms with van der Waals surface area (Å²) in [6, 6.07) is 7.00. The van der Waals surface area contributed by atoms with Gasteiger partial charge in [-0.05, 0) is 56.0 Å². The first-order chi connectivity index (χ1) is 10.9. The molecule has 6 nitrogen and oxygen atoms in total. The van der Waals surface area contributed by atoms with Crippen molar-refractivity contribution in [2.24, 2.45) is 5.92 Å². The quantitative estimate of drug-likeness (QED) is 0.702. The molecule has 1 saturated heterocycles. The van der Waals surface area contributed by atoms with Crippen LogP contribution in [-0.2, 0) is 21.4 Å². The number of nitrogens with one attached hydrogen (secondary N) is 3. The van der Waals surface area contributed by atoms with Crippen LogP contribution < -0.4 is 15.4 Å². The smallest absolute Gasteiger partial charge is 0.229 e. The number of sulfonamides is 1. The molecule has 0 spiro atoms. The van der Waals surface area contributed by atoms with E-state index < -0.39 is 10.0 Å². The minimum atomic E-state index is -3.26. The van der Waals surface area contributed by atoms with Gasteiger partial charge in [0.1, 0.15) is 0 Å². The summed E-state index contributed by atoms with van der Waals surface area (Å²) < 4.78 is 24.7. The van der Waals surface area contributed by atoms with Crippen molar-refractivity contribution < 1.29 is 13.2 Å². The topological polar surface area (TPSA) is 87.3 Å². The van der Waals surface area contributed by atoms with E-state index in [0.29, 0.717) is 24.6 Å². The highest BCUT2D eigenvalue weighted by Crippen LogP contribution is 2.17. The van der Waals surface area contributed by atoms with E-state index in [1.54, 1.807) is 24.3 Å². The lowest BCUT2D eigenvalue weighted by Crippen LogP contribution is -2.29. The third-order valence-corrected chi connectivity index (χ3v) is 4.59. The molecule has 1 heterocycles. The molecule has 1 aliphatic rings. The van der Waals surface area contributed by atoms with Crippen LogP contribution in [0.25, 0.3) is 0 Å². The van der Waals surface area contributed by atoms with Gasteiger partial charge in [0.2, 0.25) is 15.9 Å². The van der Waals surface area contributed by atoms with Gasteiger partial charge in [0.25, 0.3) is 0 Å². The van der Waals surface area contributed by atoms with Crippen LogP contribution in [0, 0.1) is 5.92 Å². The lowest BCUT2D eigenvalue weighted by molar-refractivity contribution is -0.121. The van der Waals surface area contributed by atoms with Gasteiger partial charge in [-0.1, -0.05) is 12.1 Å². The molecule has 0 unspecified atom stereocenters. The van der Waals surface area contributed by atoms with Crippen molar-refractivity contribution in [3.8, 4) is 0 Å². The van der Waals surface area contributed by atoms with Crippen molar-refractivity contribution >= 4 is 21.6 Å². The largest absolute Gasteiger partial charge is 0.352 e. The van der Waals surface area contributed by atoms with Crippen molar-refractivity contribution in [1.82, 2.24) is 10.6 Å². The summed E-state index contributed by atoms with van der Waals surface area (Å²) in [5, 5.41) is 6.24. The summed E-state index contributed by atoms with van der Waals surface area (Å²) in [6.07, 6.45) is 4.94. The maximum absolute atomic E-state index is 11.9. The summed E-state index contributed by atoms with van der Waals surface area (Å²) in [5.41, 5.74) is 1.47. The van der Waals surface area contributed by atoms with Gasteiger partial charge in [0.15, 0.2) is 0 Å². The van der Waals surface area contributed by atoms with Crippen molar-refractivity contribution in [3.05, 3.63) is 29.8 Å². The fourth-order valence-electron chi connectivity index (χ4n) is 2.70. The number of carbonyl (C=O) groups is 1. The van der Waals surface area contributed by atoms with Gasteiger partial charge in [-0.15, -0.1) is 0 Å².